The number of allylic oxidation sites excluding steroid dienone is 1. The van der Waals surface area contributed by atoms with Crippen LogP contribution in [0, 0.1) is 28.6 Å². The Labute approximate surface area is 178 Å². The van der Waals surface area contributed by atoms with Crippen LogP contribution in [-0.4, -0.2) is 22.7 Å². The standard InChI is InChI=1S/C25H34O3S/c1-24-12-10-22(26)18(15-29-14-16-4-3-13-28-16)20(24)6-5-17-19-7-8-23(27)25(19,2)11-9-21(17)24/h3-4,13,17,19,21,23,27H,5-12,14-15H2,1-2H3/t17-,19-,21-,23-,24-,25-/m0/s1. The summed E-state index contributed by atoms with van der Waals surface area (Å²) in [4.78, 5) is 12.9. The SMILES string of the molecule is C[C@]12CC[C@H]3[C@@H](CCC4=C(CSCc5ccco5)C(=O)CC[C@@]43C)[C@@H]1CC[C@@H]2O. The van der Waals surface area contributed by atoms with Gasteiger partial charge in [-0.15, -0.1) is 11.8 Å². The van der Waals surface area contributed by atoms with Gasteiger partial charge in [0.2, 0.25) is 0 Å². The van der Waals surface area contributed by atoms with Crippen LogP contribution in [0.25, 0.3) is 0 Å². The maximum atomic E-state index is 12.9. The number of carbonyl (C=O) groups is 1. The number of fused-ring (bicyclic) bond motifs is 5. The second-order valence-corrected chi connectivity index (χ2v) is 11.4. The second-order valence-electron chi connectivity index (χ2n) is 10.4. The third-order valence-corrected chi connectivity index (χ3v) is 10.2. The Morgan fingerprint density at radius 1 is 1.10 bits per heavy atom. The fourth-order valence-electron chi connectivity index (χ4n) is 7.61. The van der Waals surface area contributed by atoms with Crippen molar-refractivity contribution in [2.24, 2.45) is 28.6 Å². The van der Waals surface area contributed by atoms with Gasteiger partial charge in [-0.1, -0.05) is 19.4 Å². The molecule has 0 radical (unpaired) electrons. The summed E-state index contributed by atoms with van der Waals surface area (Å²) >= 11 is 1.81. The predicted molar refractivity (Wildman–Crippen MR) is 117 cm³/mol. The Balaban J connectivity index is 1.39. The Morgan fingerprint density at radius 2 is 1.97 bits per heavy atom. The first-order valence-electron chi connectivity index (χ1n) is 11.5. The van der Waals surface area contributed by atoms with Crippen molar-refractivity contribution in [1.82, 2.24) is 0 Å². The van der Waals surface area contributed by atoms with Crippen LogP contribution in [0.1, 0.15) is 71.0 Å². The van der Waals surface area contributed by atoms with Crippen LogP contribution < -0.4 is 0 Å². The Morgan fingerprint density at radius 3 is 2.76 bits per heavy atom. The molecule has 6 atom stereocenters. The van der Waals surface area contributed by atoms with E-state index in [2.05, 4.69) is 13.8 Å². The molecule has 0 spiro atoms. The number of thioether (sulfide) groups is 1. The van der Waals surface area contributed by atoms with Gasteiger partial charge in [-0.2, -0.15) is 0 Å². The molecule has 1 aromatic rings. The number of carbonyl (C=O) groups excluding carboxylic acids is 1. The molecule has 0 amide bonds. The van der Waals surface area contributed by atoms with Gasteiger partial charge in [0, 0.05) is 17.7 Å². The van der Waals surface area contributed by atoms with E-state index in [1.54, 1.807) is 6.26 Å². The van der Waals surface area contributed by atoms with E-state index in [0.717, 1.165) is 54.4 Å². The Bertz CT molecular complexity index is 812. The van der Waals surface area contributed by atoms with Crippen molar-refractivity contribution in [1.29, 1.82) is 0 Å². The van der Waals surface area contributed by atoms with Gasteiger partial charge in [-0.05, 0) is 85.7 Å². The minimum absolute atomic E-state index is 0.111. The topological polar surface area (TPSA) is 50.4 Å². The molecule has 3 fully saturated rings. The van der Waals surface area contributed by atoms with Crippen molar-refractivity contribution in [3.05, 3.63) is 35.3 Å². The van der Waals surface area contributed by atoms with Gasteiger partial charge >= 0.3 is 0 Å². The van der Waals surface area contributed by atoms with Gasteiger partial charge in [0.1, 0.15) is 5.76 Å². The molecule has 0 aliphatic heterocycles. The molecule has 5 rings (SSSR count). The van der Waals surface area contributed by atoms with Crippen molar-refractivity contribution in [2.45, 2.75) is 77.1 Å². The number of ketones is 1. The van der Waals surface area contributed by atoms with Crippen molar-refractivity contribution >= 4 is 17.5 Å². The molecule has 29 heavy (non-hydrogen) atoms. The highest BCUT2D eigenvalue weighted by Crippen LogP contribution is 2.65. The number of furan rings is 1. The van der Waals surface area contributed by atoms with E-state index >= 15 is 0 Å². The summed E-state index contributed by atoms with van der Waals surface area (Å²) in [6, 6.07) is 3.94. The largest absolute Gasteiger partial charge is 0.468 e. The quantitative estimate of drug-likeness (QED) is 0.679. The summed E-state index contributed by atoms with van der Waals surface area (Å²) in [6.07, 6.45) is 10.2. The summed E-state index contributed by atoms with van der Waals surface area (Å²) in [5.41, 5.74) is 2.94. The van der Waals surface area contributed by atoms with Gasteiger partial charge in [-0.25, -0.2) is 0 Å². The van der Waals surface area contributed by atoms with E-state index in [0.29, 0.717) is 24.0 Å². The zero-order valence-electron chi connectivity index (χ0n) is 17.8. The Kier molecular flexibility index (Phi) is 5.02. The van der Waals surface area contributed by atoms with E-state index in [1.807, 2.05) is 23.9 Å². The number of Topliss-reactive ketones (excluding diaryl/α,β-unsaturated/α-hetero) is 1. The van der Waals surface area contributed by atoms with Gasteiger partial charge in [0.15, 0.2) is 5.78 Å². The Hall–Kier alpha value is -1.00. The molecular formula is C25H34O3S. The number of hydrogen-bond donors (Lipinski definition) is 1. The van der Waals surface area contributed by atoms with Crippen LogP contribution in [0.5, 0.6) is 0 Å². The highest BCUT2D eigenvalue weighted by Gasteiger charge is 2.59. The van der Waals surface area contributed by atoms with Crippen molar-refractivity contribution < 1.29 is 14.3 Å². The van der Waals surface area contributed by atoms with Crippen molar-refractivity contribution in [3.8, 4) is 0 Å². The summed E-state index contributed by atoms with van der Waals surface area (Å²) in [5, 5.41) is 10.7. The lowest BCUT2D eigenvalue weighted by Crippen LogP contribution is -2.51. The van der Waals surface area contributed by atoms with Crippen LogP contribution in [0.15, 0.2) is 34.0 Å². The minimum atomic E-state index is -0.111. The third kappa shape index (κ3) is 3.08. The highest BCUT2D eigenvalue weighted by atomic mass is 32.2. The number of rotatable bonds is 4. The first-order valence-corrected chi connectivity index (χ1v) is 12.6. The van der Waals surface area contributed by atoms with Gasteiger partial charge in [0.25, 0.3) is 0 Å². The fraction of sp³-hybridized carbons (Fsp3) is 0.720. The first kappa shape index (κ1) is 19.9. The van der Waals surface area contributed by atoms with E-state index in [1.165, 1.54) is 24.8 Å². The van der Waals surface area contributed by atoms with Crippen LogP contribution >= 0.6 is 11.8 Å². The third-order valence-electron chi connectivity index (χ3n) is 9.27. The lowest BCUT2D eigenvalue weighted by atomic mass is 9.47. The first-order chi connectivity index (χ1) is 13.9. The summed E-state index contributed by atoms with van der Waals surface area (Å²) in [6.45, 7) is 4.82. The van der Waals surface area contributed by atoms with Crippen LogP contribution in [-0.2, 0) is 10.5 Å². The molecule has 158 valence electrons. The molecule has 0 saturated heterocycles. The molecule has 4 heteroatoms. The molecule has 0 bridgehead atoms. The summed E-state index contributed by atoms with van der Waals surface area (Å²) in [7, 11) is 0. The molecule has 1 heterocycles. The van der Waals surface area contributed by atoms with Crippen LogP contribution in [0.3, 0.4) is 0 Å². The van der Waals surface area contributed by atoms with E-state index in [-0.39, 0.29) is 16.9 Å². The monoisotopic (exact) mass is 414 g/mol. The number of aliphatic hydroxyl groups excluding tert-OH is 1. The maximum absolute atomic E-state index is 12.9. The fourth-order valence-corrected chi connectivity index (χ4v) is 8.62. The molecule has 1 aromatic heterocycles. The second kappa shape index (κ2) is 7.30. The van der Waals surface area contributed by atoms with Crippen molar-refractivity contribution in [3.63, 3.8) is 0 Å². The minimum Gasteiger partial charge on any atom is -0.468 e. The molecule has 3 nitrogen and oxygen atoms in total. The van der Waals surface area contributed by atoms with Gasteiger partial charge < -0.3 is 9.52 Å². The molecule has 3 saturated carbocycles. The normalized spacial score (nSPS) is 41.8. The number of aliphatic hydroxyl groups is 1. The zero-order chi connectivity index (χ0) is 20.2. The van der Waals surface area contributed by atoms with Crippen LogP contribution in [0.2, 0.25) is 0 Å². The molecule has 1 N–H and O–H groups in total. The van der Waals surface area contributed by atoms with Gasteiger partial charge in [-0.3, -0.25) is 4.79 Å². The molecule has 0 unspecified atom stereocenters. The maximum Gasteiger partial charge on any atom is 0.159 e. The smallest absolute Gasteiger partial charge is 0.159 e. The summed E-state index contributed by atoms with van der Waals surface area (Å²) < 4.78 is 5.46. The van der Waals surface area contributed by atoms with Crippen molar-refractivity contribution in [2.75, 3.05) is 5.75 Å². The lowest BCUT2D eigenvalue weighted by Gasteiger charge is -2.58. The zero-order valence-corrected chi connectivity index (χ0v) is 18.6. The molecule has 4 aliphatic carbocycles. The molecule has 0 aromatic carbocycles. The van der Waals surface area contributed by atoms with Gasteiger partial charge in [0.05, 0.1) is 18.1 Å². The summed E-state index contributed by atoms with van der Waals surface area (Å²) in [5.74, 6) is 5.11. The van der Waals surface area contributed by atoms with E-state index < -0.39 is 0 Å². The highest BCUT2D eigenvalue weighted by molar-refractivity contribution is 7.98. The van der Waals surface area contributed by atoms with E-state index in [4.69, 9.17) is 4.42 Å². The van der Waals surface area contributed by atoms with Crippen LogP contribution in [0.4, 0.5) is 0 Å². The predicted octanol–water partition coefficient (Wildman–Crippen LogP) is 5.78. The van der Waals surface area contributed by atoms with E-state index in [9.17, 15) is 9.90 Å². The lowest BCUT2D eigenvalue weighted by molar-refractivity contribution is -0.119. The average molecular weight is 415 g/mol. The molecule has 4 aliphatic rings. The number of hydrogen-bond acceptors (Lipinski definition) is 4. The molecular weight excluding hydrogens is 380 g/mol. The average Bonchev–Trinajstić information content (AvgIpc) is 3.32.